The summed E-state index contributed by atoms with van der Waals surface area (Å²) in [5, 5.41) is 7.22. The van der Waals surface area contributed by atoms with Crippen molar-refractivity contribution in [2.45, 2.75) is 20.8 Å². The van der Waals surface area contributed by atoms with Gasteiger partial charge < -0.3 is 17.4 Å². The summed E-state index contributed by atoms with van der Waals surface area (Å²) in [6.07, 6.45) is 0. The molecule has 0 saturated heterocycles. The molecule has 16 heavy (non-hydrogen) atoms. The van der Waals surface area contributed by atoms with E-state index in [9.17, 15) is 0 Å². The van der Waals surface area contributed by atoms with Gasteiger partial charge in [0.25, 0.3) is 0 Å². The normalized spacial score (nSPS) is 7.94. The quantitative estimate of drug-likeness (QED) is 0.473. The molecule has 3 nitrogen and oxygen atoms in total. The second-order valence-electron chi connectivity index (χ2n) is 2.25. The van der Waals surface area contributed by atoms with Crippen molar-refractivity contribution in [3.05, 3.63) is 44.0 Å². The van der Waals surface area contributed by atoms with Crippen LogP contribution < -0.4 is 5.73 Å². The van der Waals surface area contributed by atoms with Gasteiger partial charge in [0.05, 0.1) is 5.69 Å². The van der Waals surface area contributed by atoms with Crippen LogP contribution in [0.25, 0.3) is 0 Å². The number of azo groups is 1. The Kier molecular flexibility index (Phi) is 18.6. The molecule has 0 aliphatic carbocycles. The molecule has 1 aromatic carbocycles. The maximum Gasteiger partial charge on any atom is 0.108 e. The number of nitrogens with zero attached hydrogens (tertiary/aromatic N) is 2. The summed E-state index contributed by atoms with van der Waals surface area (Å²) in [6, 6.07) is 5.60. The molecule has 0 bridgehead atoms. The zero-order valence-corrected chi connectivity index (χ0v) is 13.1. The van der Waals surface area contributed by atoms with Crippen LogP contribution in [-0.4, -0.2) is 0 Å². The van der Waals surface area contributed by atoms with Gasteiger partial charge in [-0.2, -0.15) is 5.11 Å². The molecule has 1 aromatic rings. The maximum atomic E-state index is 5.63. The van der Waals surface area contributed by atoms with E-state index in [-0.39, 0.29) is 32.7 Å². The summed E-state index contributed by atoms with van der Waals surface area (Å²) in [6.45, 7) is 12.9. The van der Waals surface area contributed by atoms with Crippen LogP contribution in [0.5, 0.6) is 0 Å². The molecule has 2 N–H and O–H groups in total. The van der Waals surface area contributed by atoms with Gasteiger partial charge >= 0.3 is 0 Å². The Morgan fingerprint density at radius 1 is 1.31 bits per heavy atom. The first-order valence-corrected chi connectivity index (χ1v) is 4.68. The van der Waals surface area contributed by atoms with Gasteiger partial charge in [0, 0.05) is 32.7 Å². The Morgan fingerprint density at radius 2 is 1.81 bits per heavy atom. The summed E-state index contributed by atoms with van der Waals surface area (Å²) >= 11 is 0. The minimum Gasteiger partial charge on any atom is -0.521 e. The molecule has 1 radical (unpaired) electrons. The molecule has 87 valence electrons. The van der Waals surface area contributed by atoms with Gasteiger partial charge in [0.1, 0.15) is 5.69 Å². The molecule has 0 aliphatic heterocycles. The Hall–Kier alpha value is -0.666. The topological polar surface area (TPSA) is 50.7 Å². The van der Waals surface area contributed by atoms with E-state index in [1.807, 2.05) is 32.9 Å². The molecule has 4 heteroatoms. The number of hydrogen-bond donors (Lipinski definition) is 1. The Labute approximate surface area is 124 Å². The van der Waals surface area contributed by atoms with Gasteiger partial charge in [-0.1, -0.05) is 26.0 Å². The number of nitrogen functional groups attached to an aromatic ring is 1. The van der Waals surface area contributed by atoms with Crippen molar-refractivity contribution in [2.24, 2.45) is 10.2 Å². The van der Waals surface area contributed by atoms with Crippen molar-refractivity contribution < 1.29 is 32.7 Å². The van der Waals surface area contributed by atoms with Gasteiger partial charge in [-0.3, -0.25) is 13.6 Å². The molecule has 0 saturated carbocycles. The number of benzene rings is 1. The van der Waals surface area contributed by atoms with Crippen molar-refractivity contribution in [1.29, 1.82) is 0 Å². The molecular weight excluding hydrogens is 275 g/mol. The molecule has 0 unspecified atom stereocenters. The number of nitrogens with two attached hydrogens (primary N) is 1. The van der Waals surface area contributed by atoms with Gasteiger partial charge in [0.15, 0.2) is 0 Å². The van der Waals surface area contributed by atoms with Gasteiger partial charge in [-0.25, -0.2) is 0 Å². The third-order valence-electron chi connectivity index (χ3n) is 1.44. The summed E-state index contributed by atoms with van der Waals surface area (Å²) in [7, 11) is 3.27. The van der Waals surface area contributed by atoms with Crippen LogP contribution in [0.3, 0.4) is 0 Å². The van der Waals surface area contributed by atoms with Crippen molar-refractivity contribution >= 4 is 11.4 Å². The molecule has 0 aliphatic rings. The molecule has 0 spiro atoms. The van der Waals surface area contributed by atoms with E-state index in [1.165, 1.54) is 0 Å². The van der Waals surface area contributed by atoms with E-state index in [4.69, 9.17) is 5.73 Å². The molecular formula is C12H19N3Y-2. The maximum absolute atomic E-state index is 5.63. The van der Waals surface area contributed by atoms with E-state index in [1.54, 1.807) is 6.07 Å². The van der Waals surface area contributed by atoms with Crippen molar-refractivity contribution in [2.75, 3.05) is 5.73 Å². The van der Waals surface area contributed by atoms with Crippen LogP contribution in [0, 0.1) is 20.6 Å². The largest absolute Gasteiger partial charge is 0.521 e. The van der Waals surface area contributed by atoms with E-state index < -0.39 is 0 Å². The van der Waals surface area contributed by atoms with E-state index in [2.05, 4.69) is 30.4 Å². The third kappa shape index (κ3) is 7.60. The van der Waals surface area contributed by atoms with Crippen LogP contribution in [0.15, 0.2) is 35.0 Å². The van der Waals surface area contributed by atoms with E-state index in [0.717, 1.165) is 5.56 Å². The number of hydrogen-bond acceptors (Lipinski definition) is 3. The van der Waals surface area contributed by atoms with E-state index >= 15 is 0 Å². The van der Waals surface area contributed by atoms with Crippen LogP contribution >= 0.6 is 0 Å². The fourth-order valence-corrected chi connectivity index (χ4v) is 0.889. The SMILES string of the molecule is CC.[CH-]=C.[CH2-]N=Nc1c(C)cccc1N.[Y]. The smallest absolute Gasteiger partial charge is 0.108 e. The Balaban J connectivity index is -0.000000305. The molecule has 0 heterocycles. The van der Waals surface area contributed by atoms with Crippen molar-refractivity contribution in [3.8, 4) is 0 Å². The summed E-state index contributed by atoms with van der Waals surface area (Å²) in [5.41, 5.74) is 7.98. The van der Waals surface area contributed by atoms with Crippen molar-refractivity contribution in [3.63, 3.8) is 0 Å². The molecule has 0 aromatic heterocycles. The molecule has 1 rings (SSSR count). The Bertz CT molecular complexity index is 278. The molecule has 0 atom stereocenters. The fourth-order valence-electron chi connectivity index (χ4n) is 0.889. The summed E-state index contributed by atoms with van der Waals surface area (Å²) in [4.78, 5) is 0. The molecule has 0 amide bonds. The van der Waals surface area contributed by atoms with Gasteiger partial charge in [-0.05, 0) is 18.6 Å². The predicted molar refractivity (Wildman–Crippen MR) is 66.7 cm³/mol. The van der Waals surface area contributed by atoms with Crippen LogP contribution in [-0.2, 0) is 32.7 Å². The average Bonchev–Trinajstić information content (AvgIpc) is 2.29. The number of anilines is 1. The zero-order valence-electron chi connectivity index (χ0n) is 10.3. The van der Waals surface area contributed by atoms with E-state index in [0.29, 0.717) is 11.4 Å². The van der Waals surface area contributed by atoms with Crippen LogP contribution in [0.4, 0.5) is 11.4 Å². The molecule has 0 fully saturated rings. The first-order chi connectivity index (χ1) is 7.25. The monoisotopic (exact) mass is 294 g/mol. The second-order valence-corrected chi connectivity index (χ2v) is 2.25. The van der Waals surface area contributed by atoms with Crippen molar-refractivity contribution in [1.82, 2.24) is 0 Å². The first kappa shape index (κ1) is 20.7. The first-order valence-electron chi connectivity index (χ1n) is 4.68. The number of rotatable bonds is 1. The third-order valence-corrected chi connectivity index (χ3v) is 1.44. The van der Waals surface area contributed by atoms with Gasteiger partial charge in [0.2, 0.25) is 0 Å². The number of aryl methyl sites for hydroxylation is 1. The Morgan fingerprint density at radius 3 is 2.19 bits per heavy atom. The zero-order chi connectivity index (χ0) is 12.3. The second kappa shape index (κ2) is 14.3. The van der Waals surface area contributed by atoms with Crippen LogP contribution in [0.1, 0.15) is 19.4 Å². The predicted octanol–water partition coefficient (Wildman–Crippen LogP) is 4.08. The fraction of sp³-hybridized carbons (Fsp3) is 0.250. The van der Waals surface area contributed by atoms with Crippen LogP contribution in [0.2, 0.25) is 0 Å². The minimum atomic E-state index is 0. The summed E-state index contributed by atoms with van der Waals surface area (Å²) in [5.74, 6) is 0. The average molecular weight is 294 g/mol. The summed E-state index contributed by atoms with van der Waals surface area (Å²) < 4.78 is 0. The standard InChI is InChI=1S/C8H10N3.C2H6.C2H3.Y/c1-6-4-3-5-7(9)8(6)11-10-2;2*1-2;/h3-5H,2,9H2,1H3;1-2H3;1H,2H2;/q-1;;-1;. The minimum absolute atomic E-state index is 0. The van der Waals surface area contributed by atoms with Gasteiger partial charge in [-0.15, -0.1) is 0 Å².